The first kappa shape index (κ1) is 14.8. The van der Waals surface area contributed by atoms with Crippen molar-refractivity contribution in [2.75, 3.05) is 26.2 Å². The van der Waals surface area contributed by atoms with Crippen LogP contribution in [-0.2, 0) is 6.54 Å². The van der Waals surface area contributed by atoms with Crippen LogP contribution in [0.25, 0.3) is 0 Å². The topological polar surface area (TPSA) is 28.2 Å². The highest BCUT2D eigenvalue weighted by molar-refractivity contribution is 6.30. The van der Waals surface area contributed by atoms with Crippen molar-refractivity contribution in [1.82, 2.24) is 15.2 Å². The summed E-state index contributed by atoms with van der Waals surface area (Å²) in [6, 6.07) is 3.81. The second-order valence-electron chi connectivity index (χ2n) is 5.41. The molecule has 19 heavy (non-hydrogen) atoms. The van der Waals surface area contributed by atoms with E-state index in [1.807, 2.05) is 12.1 Å². The lowest BCUT2D eigenvalue weighted by molar-refractivity contribution is 0.199. The van der Waals surface area contributed by atoms with E-state index in [-0.39, 0.29) is 0 Å². The Bertz CT molecular complexity index is 377. The minimum atomic E-state index is 0.777. The van der Waals surface area contributed by atoms with E-state index in [1.54, 1.807) is 6.20 Å². The zero-order valence-corrected chi connectivity index (χ0v) is 12.5. The fourth-order valence-corrected chi connectivity index (χ4v) is 2.94. The van der Waals surface area contributed by atoms with Crippen LogP contribution in [0.3, 0.4) is 0 Å². The van der Waals surface area contributed by atoms with Gasteiger partial charge in [-0.1, -0.05) is 18.5 Å². The van der Waals surface area contributed by atoms with Gasteiger partial charge in [0, 0.05) is 24.3 Å². The van der Waals surface area contributed by atoms with Crippen molar-refractivity contribution in [2.45, 2.75) is 32.7 Å². The fourth-order valence-electron chi connectivity index (χ4n) is 2.76. The molecule has 4 heteroatoms. The molecule has 0 aliphatic carbocycles. The number of piperidine rings is 1. The second-order valence-corrected chi connectivity index (χ2v) is 5.85. The molecular formula is C15H24ClN3. The highest BCUT2D eigenvalue weighted by atomic mass is 35.5. The van der Waals surface area contributed by atoms with Crippen molar-refractivity contribution in [2.24, 2.45) is 5.92 Å². The van der Waals surface area contributed by atoms with Crippen LogP contribution in [0.15, 0.2) is 18.3 Å². The van der Waals surface area contributed by atoms with Crippen molar-refractivity contribution in [3.8, 4) is 0 Å². The Balaban J connectivity index is 1.91. The maximum absolute atomic E-state index is 6.03. The largest absolute Gasteiger partial charge is 0.316 e. The summed E-state index contributed by atoms with van der Waals surface area (Å²) >= 11 is 6.03. The molecule has 1 saturated heterocycles. The zero-order valence-electron chi connectivity index (χ0n) is 11.7. The zero-order chi connectivity index (χ0) is 13.5. The lowest BCUT2D eigenvalue weighted by Crippen LogP contribution is -2.38. The molecule has 1 atom stereocenters. The number of hydrogen-bond donors (Lipinski definition) is 1. The van der Waals surface area contributed by atoms with E-state index < -0.39 is 0 Å². The Kier molecular flexibility index (Phi) is 6.08. The Labute approximate surface area is 121 Å². The molecule has 0 saturated carbocycles. The van der Waals surface area contributed by atoms with Gasteiger partial charge in [-0.15, -0.1) is 0 Å². The second kappa shape index (κ2) is 7.83. The number of halogens is 1. The molecule has 0 bridgehead atoms. The summed E-state index contributed by atoms with van der Waals surface area (Å²) in [5.41, 5.74) is 1.07. The van der Waals surface area contributed by atoms with Crippen molar-refractivity contribution < 1.29 is 0 Å². The quantitative estimate of drug-likeness (QED) is 0.869. The lowest BCUT2D eigenvalue weighted by atomic mass is 9.99. The average molecular weight is 282 g/mol. The highest BCUT2D eigenvalue weighted by Gasteiger charge is 2.17. The maximum Gasteiger partial charge on any atom is 0.0558 e. The molecule has 2 rings (SSSR count). The standard InChI is InChI=1S/C15H24ClN3/c1-2-8-19(11-13-4-3-6-17-10-13)12-15-9-14(16)5-7-18-15/h5,7,9,13,17H,2-4,6,8,10-12H2,1H3. The molecule has 1 aliphatic rings. The number of nitrogens with zero attached hydrogens (tertiary/aromatic N) is 2. The first-order valence-corrected chi connectivity index (χ1v) is 7.69. The van der Waals surface area contributed by atoms with Gasteiger partial charge in [0.15, 0.2) is 0 Å². The third kappa shape index (κ3) is 5.09. The minimum Gasteiger partial charge on any atom is -0.316 e. The predicted molar refractivity (Wildman–Crippen MR) is 80.4 cm³/mol. The average Bonchev–Trinajstić information content (AvgIpc) is 2.40. The van der Waals surface area contributed by atoms with Gasteiger partial charge in [0.05, 0.1) is 5.69 Å². The molecule has 0 amide bonds. The molecule has 1 aliphatic heterocycles. The molecule has 106 valence electrons. The van der Waals surface area contributed by atoms with Crippen LogP contribution in [0.5, 0.6) is 0 Å². The van der Waals surface area contributed by atoms with Gasteiger partial charge in [0.2, 0.25) is 0 Å². The number of rotatable bonds is 6. The number of aromatic nitrogens is 1. The Morgan fingerprint density at radius 3 is 3.11 bits per heavy atom. The monoisotopic (exact) mass is 281 g/mol. The summed E-state index contributed by atoms with van der Waals surface area (Å²) in [6.07, 6.45) is 5.63. The fraction of sp³-hybridized carbons (Fsp3) is 0.667. The maximum atomic E-state index is 6.03. The van der Waals surface area contributed by atoms with E-state index >= 15 is 0 Å². The first-order chi connectivity index (χ1) is 9.28. The van der Waals surface area contributed by atoms with Crippen LogP contribution in [0, 0.1) is 5.92 Å². The molecule has 1 aromatic rings. The normalized spacial score (nSPS) is 19.8. The first-order valence-electron chi connectivity index (χ1n) is 7.31. The molecule has 1 aromatic heterocycles. The summed E-state index contributed by atoms with van der Waals surface area (Å²) in [5, 5.41) is 4.27. The molecular weight excluding hydrogens is 258 g/mol. The molecule has 1 fully saturated rings. The summed E-state index contributed by atoms with van der Waals surface area (Å²) in [6.45, 7) is 7.77. The van der Waals surface area contributed by atoms with E-state index in [2.05, 4.69) is 22.1 Å². The number of pyridine rings is 1. The van der Waals surface area contributed by atoms with Crippen LogP contribution in [0.1, 0.15) is 31.9 Å². The van der Waals surface area contributed by atoms with Crippen LogP contribution in [-0.4, -0.2) is 36.1 Å². The van der Waals surface area contributed by atoms with Crippen molar-refractivity contribution >= 4 is 11.6 Å². The van der Waals surface area contributed by atoms with Gasteiger partial charge < -0.3 is 5.32 Å². The van der Waals surface area contributed by atoms with Gasteiger partial charge in [0.25, 0.3) is 0 Å². The summed E-state index contributed by atoms with van der Waals surface area (Å²) < 4.78 is 0. The van der Waals surface area contributed by atoms with Crippen LogP contribution in [0.4, 0.5) is 0 Å². The number of nitrogens with one attached hydrogen (secondary N) is 1. The molecule has 0 spiro atoms. The van der Waals surface area contributed by atoms with Gasteiger partial charge in [-0.3, -0.25) is 9.88 Å². The smallest absolute Gasteiger partial charge is 0.0558 e. The Morgan fingerprint density at radius 2 is 2.42 bits per heavy atom. The van der Waals surface area contributed by atoms with Crippen LogP contribution < -0.4 is 5.32 Å². The summed E-state index contributed by atoms with van der Waals surface area (Å²) in [4.78, 5) is 6.92. The molecule has 0 aromatic carbocycles. The van der Waals surface area contributed by atoms with Gasteiger partial charge in [-0.25, -0.2) is 0 Å². The molecule has 1 unspecified atom stereocenters. The predicted octanol–water partition coefficient (Wildman–Crippen LogP) is 2.95. The minimum absolute atomic E-state index is 0.777. The van der Waals surface area contributed by atoms with E-state index in [1.165, 1.54) is 25.8 Å². The van der Waals surface area contributed by atoms with E-state index in [0.29, 0.717) is 0 Å². The molecule has 3 nitrogen and oxygen atoms in total. The van der Waals surface area contributed by atoms with Gasteiger partial charge in [-0.2, -0.15) is 0 Å². The Hall–Kier alpha value is -0.640. The van der Waals surface area contributed by atoms with Crippen LogP contribution >= 0.6 is 11.6 Å². The third-order valence-corrected chi connectivity index (χ3v) is 3.85. The summed E-state index contributed by atoms with van der Waals surface area (Å²) in [7, 11) is 0. The van der Waals surface area contributed by atoms with E-state index in [4.69, 9.17) is 11.6 Å². The van der Waals surface area contributed by atoms with Gasteiger partial charge in [0.1, 0.15) is 0 Å². The van der Waals surface area contributed by atoms with E-state index in [9.17, 15) is 0 Å². The number of hydrogen-bond acceptors (Lipinski definition) is 3. The highest BCUT2D eigenvalue weighted by Crippen LogP contribution is 2.15. The third-order valence-electron chi connectivity index (χ3n) is 3.62. The summed E-state index contributed by atoms with van der Waals surface area (Å²) in [5.74, 6) is 0.777. The molecule has 2 heterocycles. The Morgan fingerprint density at radius 1 is 1.53 bits per heavy atom. The van der Waals surface area contributed by atoms with Crippen molar-refractivity contribution in [3.63, 3.8) is 0 Å². The van der Waals surface area contributed by atoms with Gasteiger partial charge in [-0.05, 0) is 56.9 Å². The van der Waals surface area contributed by atoms with Crippen molar-refractivity contribution in [1.29, 1.82) is 0 Å². The van der Waals surface area contributed by atoms with Crippen molar-refractivity contribution in [3.05, 3.63) is 29.0 Å². The van der Waals surface area contributed by atoms with Gasteiger partial charge >= 0.3 is 0 Å². The van der Waals surface area contributed by atoms with E-state index in [0.717, 1.165) is 42.8 Å². The van der Waals surface area contributed by atoms with Crippen LogP contribution in [0.2, 0.25) is 5.02 Å². The molecule has 0 radical (unpaired) electrons. The lowest BCUT2D eigenvalue weighted by Gasteiger charge is -2.29. The SMILES string of the molecule is CCCN(Cc1cc(Cl)ccn1)CC1CCCNC1. The molecule has 1 N–H and O–H groups in total.